The summed E-state index contributed by atoms with van der Waals surface area (Å²) in [5.74, 6) is 0. The number of benzene rings is 1. The fraction of sp³-hybridized carbons (Fsp3) is 0.357. The van der Waals surface area contributed by atoms with Crippen molar-refractivity contribution >= 4 is 29.1 Å². The van der Waals surface area contributed by atoms with Crippen LogP contribution in [0.4, 0.5) is 4.79 Å². The third-order valence-electron chi connectivity index (χ3n) is 2.37. The van der Waals surface area contributed by atoms with Crippen molar-refractivity contribution in [3.8, 4) is 0 Å². The minimum Gasteiger partial charge on any atom is -0.443 e. The molecule has 3 N–H and O–H groups in total. The number of hydrogen-bond donors (Lipinski definition) is 3. The second kappa shape index (κ2) is 8.91. The molecule has 0 spiro atoms. The third kappa shape index (κ3) is 6.71. The molecule has 21 heavy (non-hydrogen) atoms. The topological polar surface area (TPSA) is 74.8 Å². The molecule has 6 nitrogen and oxygen atoms in total. The summed E-state index contributed by atoms with van der Waals surface area (Å²) < 4.78 is 5.15. The molecular formula is C14H20N4O2S. The molecular weight excluding hydrogens is 288 g/mol. The van der Waals surface area contributed by atoms with E-state index in [0.717, 1.165) is 5.56 Å². The van der Waals surface area contributed by atoms with E-state index in [1.165, 1.54) is 0 Å². The monoisotopic (exact) mass is 308 g/mol. The van der Waals surface area contributed by atoms with E-state index >= 15 is 0 Å². The number of thiocarbonyl (C=S) groups is 1. The first kappa shape index (κ1) is 16.9. The molecule has 0 unspecified atom stereocenters. The molecule has 0 aliphatic heterocycles. The van der Waals surface area contributed by atoms with Crippen LogP contribution >= 0.6 is 12.2 Å². The first-order chi connectivity index (χ1) is 10.0. The van der Waals surface area contributed by atoms with Crippen molar-refractivity contribution in [3.05, 3.63) is 35.9 Å². The molecule has 1 aromatic rings. The van der Waals surface area contributed by atoms with Gasteiger partial charge in [0.15, 0.2) is 5.11 Å². The van der Waals surface area contributed by atoms with Gasteiger partial charge in [0.25, 0.3) is 0 Å². The molecule has 1 rings (SSSR count). The summed E-state index contributed by atoms with van der Waals surface area (Å²) in [6, 6.07) is 9.45. The van der Waals surface area contributed by atoms with Gasteiger partial charge in [-0.05, 0) is 26.1 Å². The van der Waals surface area contributed by atoms with E-state index in [1.54, 1.807) is 7.05 Å². The lowest BCUT2D eigenvalue weighted by Gasteiger charge is -2.11. The summed E-state index contributed by atoms with van der Waals surface area (Å²) in [5.41, 5.74) is 4.12. The zero-order valence-electron chi connectivity index (χ0n) is 12.3. The molecule has 0 aliphatic rings. The summed E-state index contributed by atoms with van der Waals surface area (Å²) in [5, 5.41) is 9.96. The van der Waals surface area contributed by atoms with Crippen LogP contribution in [0.3, 0.4) is 0 Å². The predicted molar refractivity (Wildman–Crippen MR) is 87.4 cm³/mol. The van der Waals surface area contributed by atoms with Crippen molar-refractivity contribution in [1.82, 2.24) is 16.1 Å². The van der Waals surface area contributed by atoms with Crippen LogP contribution in [-0.2, 0) is 4.74 Å². The Hall–Kier alpha value is -2.15. The van der Waals surface area contributed by atoms with Gasteiger partial charge in [0, 0.05) is 18.7 Å². The van der Waals surface area contributed by atoms with E-state index in [1.807, 2.05) is 44.2 Å². The van der Waals surface area contributed by atoms with Crippen LogP contribution in [0.1, 0.15) is 19.4 Å². The summed E-state index contributed by atoms with van der Waals surface area (Å²) in [7, 11) is 1.69. The van der Waals surface area contributed by atoms with Crippen LogP contribution in [0.25, 0.3) is 0 Å². The number of alkyl carbamates (subject to hydrolysis) is 1. The van der Waals surface area contributed by atoms with E-state index in [-0.39, 0.29) is 12.6 Å². The number of hydrogen-bond acceptors (Lipinski definition) is 4. The largest absolute Gasteiger partial charge is 0.443 e. The molecule has 0 fully saturated rings. The number of carbonyl (C=O) groups excluding carboxylic acids is 1. The van der Waals surface area contributed by atoms with Gasteiger partial charge in [-0.1, -0.05) is 30.3 Å². The number of nitrogens with zero attached hydrogens (tertiary/aromatic N) is 1. The number of nitrogens with one attached hydrogen (secondary N) is 3. The van der Waals surface area contributed by atoms with Crippen LogP contribution in [-0.4, -0.2) is 36.6 Å². The number of ether oxygens (including phenoxy) is 1. The number of amides is 1. The molecule has 7 heteroatoms. The van der Waals surface area contributed by atoms with Crippen LogP contribution in [0.15, 0.2) is 35.4 Å². The zero-order chi connectivity index (χ0) is 15.7. The highest BCUT2D eigenvalue weighted by molar-refractivity contribution is 7.80. The average molecular weight is 308 g/mol. The molecule has 0 aromatic heterocycles. The Bertz CT molecular complexity index is 503. The van der Waals surface area contributed by atoms with Gasteiger partial charge in [-0.3, -0.25) is 5.43 Å². The van der Waals surface area contributed by atoms with E-state index in [4.69, 9.17) is 17.0 Å². The first-order valence-corrected chi connectivity index (χ1v) is 6.96. The predicted octanol–water partition coefficient (Wildman–Crippen LogP) is 1.62. The quantitative estimate of drug-likeness (QED) is 0.438. The van der Waals surface area contributed by atoms with Crippen molar-refractivity contribution in [2.45, 2.75) is 19.9 Å². The molecule has 1 aromatic carbocycles. The zero-order valence-corrected chi connectivity index (χ0v) is 13.2. The van der Waals surface area contributed by atoms with Crippen molar-refractivity contribution in [2.75, 3.05) is 13.7 Å². The minimum absolute atomic E-state index is 0.0182. The average Bonchev–Trinajstić information content (AvgIpc) is 2.47. The van der Waals surface area contributed by atoms with Gasteiger partial charge in [0.05, 0.1) is 0 Å². The normalized spacial score (nSPS) is 11.0. The number of rotatable bonds is 5. The molecule has 0 saturated heterocycles. The maximum absolute atomic E-state index is 11.5. The standard InChI is InChI=1S/C14H20N4O2S/c1-10(2)16-14(19)20-9-12(17-18-13(21)15-3)11-7-5-4-6-8-11/h4-8,10H,9H2,1-3H3,(H,16,19)(H2,15,18,21)/b17-12+. The highest BCUT2D eigenvalue weighted by atomic mass is 32.1. The maximum atomic E-state index is 11.5. The van der Waals surface area contributed by atoms with Gasteiger partial charge in [-0.25, -0.2) is 4.79 Å². The molecule has 0 atom stereocenters. The van der Waals surface area contributed by atoms with Crippen molar-refractivity contribution in [1.29, 1.82) is 0 Å². The smallest absolute Gasteiger partial charge is 0.407 e. The minimum atomic E-state index is -0.482. The highest BCUT2D eigenvalue weighted by Crippen LogP contribution is 2.02. The van der Waals surface area contributed by atoms with Gasteiger partial charge in [0.1, 0.15) is 12.3 Å². The van der Waals surface area contributed by atoms with E-state index in [9.17, 15) is 4.79 Å². The van der Waals surface area contributed by atoms with Crippen molar-refractivity contribution in [3.63, 3.8) is 0 Å². The lowest BCUT2D eigenvalue weighted by Crippen LogP contribution is -2.33. The number of carbonyl (C=O) groups is 1. The molecule has 0 heterocycles. The Labute approximate surface area is 129 Å². The molecule has 0 saturated carbocycles. The summed E-state index contributed by atoms with van der Waals surface area (Å²) in [6.45, 7) is 3.77. The third-order valence-corrected chi connectivity index (χ3v) is 2.67. The van der Waals surface area contributed by atoms with Gasteiger partial charge in [0.2, 0.25) is 0 Å². The molecule has 114 valence electrons. The molecule has 0 radical (unpaired) electrons. The van der Waals surface area contributed by atoms with E-state index in [0.29, 0.717) is 10.8 Å². The van der Waals surface area contributed by atoms with Gasteiger partial charge < -0.3 is 15.4 Å². The van der Waals surface area contributed by atoms with Crippen LogP contribution in [0.2, 0.25) is 0 Å². The lowest BCUT2D eigenvalue weighted by atomic mass is 10.1. The molecule has 1 amide bonds. The van der Waals surface area contributed by atoms with Gasteiger partial charge >= 0.3 is 6.09 Å². The molecule has 0 aliphatic carbocycles. The number of hydrazone groups is 1. The van der Waals surface area contributed by atoms with Gasteiger partial charge in [-0.2, -0.15) is 5.10 Å². The van der Waals surface area contributed by atoms with Crippen molar-refractivity contribution < 1.29 is 9.53 Å². The van der Waals surface area contributed by atoms with Gasteiger partial charge in [-0.15, -0.1) is 0 Å². The summed E-state index contributed by atoms with van der Waals surface area (Å²) >= 11 is 4.97. The second-order valence-corrected chi connectivity index (χ2v) is 4.90. The first-order valence-electron chi connectivity index (χ1n) is 6.56. The summed E-state index contributed by atoms with van der Waals surface area (Å²) in [4.78, 5) is 11.5. The Morgan fingerprint density at radius 1 is 1.33 bits per heavy atom. The Morgan fingerprint density at radius 2 is 2.00 bits per heavy atom. The van der Waals surface area contributed by atoms with Crippen molar-refractivity contribution in [2.24, 2.45) is 5.10 Å². The fourth-order valence-corrected chi connectivity index (χ4v) is 1.44. The Kier molecular flexibility index (Phi) is 7.17. The van der Waals surface area contributed by atoms with E-state index in [2.05, 4.69) is 21.2 Å². The van der Waals surface area contributed by atoms with E-state index < -0.39 is 6.09 Å². The van der Waals surface area contributed by atoms with Crippen LogP contribution < -0.4 is 16.1 Å². The maximum Gasteiger partial charge on any atom is 0.407 e. The lowest BCUT2D eigenvalue weighted by molar-refractivity contribution is 0.159. The highest BCUT2D eigenvalue weighted by Gasteiger charge is 2.09. The molecule has 0 bridgehead atoms. The second-order valence-electron chi connectivity index (χ2n) is 4.49. The summed E-state index contributed by atoms with van der Waals surface area (Å²) in [6.07, 6.45) is -0.482. The Balaban J connectivity index is 2.73. The van der Waals surface area contributed by atoms with Crippen LogP contribution in [0, 0.1) is 0 Å². The SMILES string of the molecule is CNC(=S)N/N=C(\COC(=O)NC(C)C)c1ccccc1. The van der Waals surface area contributed by atoms with Crippen LogP contribution in [0.5, 0.6) is 0 Å². The Morgan fingerprint density at radius 3 is 2.57 bits per heavy atom. The fourth-order valence-electron chi connectivity index (χ4n) is 1.40.